The van der Waals surface area contributed by atoms with E-state index >= 15 is 0 Å². The van der Waals surface area contributed by atoms with Gasteiger partial charge in [0.05, 0.1) is 17.7 Å². The number of rotatable bonds is 0. The first-order valence-corrected chi connectivity index (χ1v) is 8.69. The largest absolute Gasteiger partial charge is 0.493 e. The van der Waals surface area contributed by atoms with Gasteiger partial charge in [0, 0.05) is 12.6 Å². The van der Waals surface area contributed by atoms with Crippen LogP contribution in [-0.2, 0) is 6.54 Å². The van der Waals surface area contributed by atoms with Crippen molar-refractivity contribution in [2.45, 2.75) is 19.4 Å². The first kappa shape index (κ1) is 17.6. The molecule has 0 saturated carbocycles. The lowest BCUT2D eigenvalue weighted by atomic mass is 10.1. The molecule has 3 aromatic rings. The molecule has 3 heterocycles. The minimum absolute atomic E-state index is 0.0744. The van der Waals surface area contributed by atoms with Crippen LogP contribution in [0.25, 0.3) is 11.5 Å². The lowest BCUT2D eigenvalue weighted by Gasteiger charge is -2.14. The third-order valence-corrected chi connectivity index (χ3v) is 4.32. The third-order valence-electron chi connectivity index (χ3n) is 4.32. The van der Waals surface area contributed by atoms with Crippen LogP contribution >= 0.6 is 0 Å². The predicted octanol–water partition coefficient (Wildman–Crippen LogP) is 2.78. The van der Waals surface area contributed by atoms with Gasteiger partial charge in [-0.05, 0) is 31.0 Å². The number of nitriles is 1. The number of fused-ring (bicyclic) bond motifs is 5. The highest BCUT2D eigenvalue weighted by Crippen LogP contribution is 2.25. The summed E-state index contributed by atoms with van der Waals surface area (Å²) < 4.78 is 21.5. The van der Waals surface area contributed by atoms with Gasteiger partial charge >= 0.3 is 0 Å². The van der Waals surface area contributed by atoms with Crippen molar-refractivity contribution < 1.29 is 13.9 Å². The molecule has 140 valence electrons. The molecule has 9 heteroatoms. The molecular formula is C19H15FN6O2. The van der Waals surface area contributed by atoms with E-state index in [1.807, 2.05) is 4.57 Å². The van der Waals surface area contributed by atoms with Crippen LogP contribution in [0.4, 0.5) is 10.2 Å². The van der Waals surface area contributed by atoms with Gasteiger partial charge in [-0.15, -0.1) is 10.2 Å². The summed E-state index contributed by atoms with van der Waals surface area (Å²) in [6.45, 7) is 0.963. The average Bonchev–Trinajstić information content (AvgIpc) is 3.16. The molecular weight excluding hydrogens is 363 g/mol. The molecule has 8 nitrogen and oxygen atoms in total. The van der Waals surface area contributed by atoms with Crippen LogP contribution in [0.2, 0.25) is 0 Å². The molecule has 1 N–H and O–H groups in total. The van der Waals surface area contributed by atoms with Gasteiger partial charge in [0.1, 0.15) is 35.5 Å². The standard InChI is InChI=1S/C19H15FN6O2/c20-14-9-16-13(8-12(14)10-21)19(27)24-17-5-3-4-15(23-17)18-25-22-11-26(18)6-1-2-7-28-16/h3-5,8-9,11H,1-2,6-7H2,(H,23,24,27). The van der Waals surface area contributed by atoms with Crippen LogP contribution in [0, 0.1) is 17.1 Å². The molecule has 0 aliphatic carbocycles. The van der Waals surface area contributed by atoms with E-state index in [-0.39, 0.29) is 16.9 Å². The Kier molecular flexibility index (Phi) is 4.68. The quantitative estimate of drug-likeness (QED) is 0.645. The topological polar surface area (TPSA) is 106 Å². The number of aryl methyl sites for hydroxylation is 1. The van der Waals surface area contributed by atoms with E-state index < -0.39 is 11.7 Å². The van der Waals surface area contributed by atoms with Crippen molar-refractivity contribution in [3.05, 3.63) is 53.6 Å². The highest BCUT2D eigenvalue weighted by molar-refractivity contribution is 6.06. The molecule has 1 aliphatic rings. The Bertz CT molecular complexity index is 1090. The summed E-state index contributed by atoms with van der Waals surface area (Å²) in [5.74, 6) is -0.294. The van der Waals surface area contributed by atoms with Gasteiger partial charge in [-0.1, -0.05) is 6.07 Å². The first-order chi connectivity index (χ1) is 13.7. The number of nitrogens with one attached hydrogen (secondary N) is 1. The predicted molar refractivity (Wildman–Crippen MR) is 97.1 cm³/mol. The van der Waals surface area contributed by atoms with Crippen molar-refractivity contribution in [3.63, 3.8) is 0 Å². The number of ether oxygens (including phenoxy) is 1. The number of pyridine rings is 1. The molecule has 0 saturated heterocycles. The summed E-state index contributed by atoms with van der Waals surface area (Å²) in [5, 5.41) is 19.8. The summed E-state index contributed by atoms with van der Waals surface area (Å²) in [4.78, 5) is 17.2. The Balaban J connectivity index is 1.77. The van der Waals surface area contributed by atoms with Crippen LogP contribution in [0.5, 0.6) is 5.75 Å². The fraction of sp³-hybridized carbons (Fsp3) is 0.211. The number of carbonyl (C=O) groups is 1. The smallest absolute Gasteiger partial charge is 0.260 e. The van der Waals surface area contributed by atoms with Crippen molar-refractivity contribution >= 4 is 11.7 Å². The number of hydrogen-bond acceptors (Lipinski definition) is 6. The van der Waals surface area contributed by atoms with Crippen molar-refractivity contribution in [2.75, 3.05) is 11.9 Å². The Hall–Kier alpha value is -3.80. The van der Waals surface area contributed by atoms with Crippen LogP contribution in [-0.4, -0.2) is 32.3 Å². The molecule has 0 unspecified atom stereocenters. The Morgan fingerprint density at radius 2 is 2.18 bits per heavy atom. The van der Waals surface area contributed by atoms with Crippen LogP contribution < -0.4 is 10.1 Å². The van der Waals surface area contributed by atoms with E-state index in [0.717, 1.165) is 12.5 Å². The highest BCUT2D eigenvalue weighted by atomic mass is 19.1. The van der Waals surface area contributed by atoms with Gasteiger partial charge < -0.3 is 14.6 Å². The van der Waals surface area contributed by atoms with Gasteiger partial charge in [-0.25, -0.2) is 9.37 Å². The molecule has 28 heavy (non-hydrogen) atoms. The SMILES string of the molecule is N#Cc1cc2c(cc1F)OCCCCn1cnnc1-c1cccc(n1)NC2=O. The minimum Gasteiger partial charge on any atom is -0.493 e. The molecule has 2 bridgehead atoms. The van der Waals surface area contributed by atoms with E-state index in [1.54, 1.807) is 30.6 Å². The van der Waals surface area contributed by atoms with E-state index in [1.165, 1.54) is 6.07 Å². The fourth-order valence-corrected chi connectivity index (χ4v) is 2.93. The maximum Gasteiger partial charge on any atom is 0.260 e. The molecule has 0 spiro atoms. The summed E-state index contributed by atoms with van der Waals surface area (Å²) >= 11 is 0. The second kappa shape index (κ2) is 7.44. The number of anilines is 1. The maximum absolute atomic E-state index is 14.0. The van der Waals surface area contributed by atoms with Gasteiger partial charge in [0.15, 0.2) is 5.82 Å². The lowest BCUT2D eigenvalue weighted by molar-refractivity contribution is 0.102. The molecule has 1 amide bonds. The molecule has 1 aromatic carbocycles. The number of amides is 1. The number of hydrogen-bond donors (Lipinski definition) is 1. The minimum atomic E-state index is -0.732. The monoisotopic (exact) mass is 378 g/mol. The van der Waals surface area contributed by atoms with Crippen molar-refractivity contribution in [3.8, 4) is 23.3 Å². The summed E-state index contributed by atoms with van der Waals surface area (Å²) in [7, 11) is 0. The van der Waals surface area contributed by atoms with Gasteiger partial charge in [-0.3, -0.25) is 4.79 Å². The number of nitrogens with zero attached hydrogens (tertiary/aromatic N) is 5. The average molecular weight is 378 g/mol. The zero-order valence-electron chi connectivity index (χ0n) is 14.7. The van der Waals surface area contributed by atoms with E-state index in [0.29, 0.717) is 36.9 Å². The first-order valence-electron chi connectivity index (χ1n) is 8.69. The lowest BCUT2D eigenvalue weighted by Crippen LogP contribution is -2.16. The number of carbonyl (C=O) groups excluding carboxylic acids is 1. The molecule has 0 radical (unpaired) electrons. The number of halogens is 1. The summed E-state index contributed by atoms with van der Waals surface area (Å²) in [6.07, 6.45) is 3.07. The Morgan fingerprint density at radius 3 is 3.04 bits per heavy atom. The molecule has 0 atom stereocenters. The number of aromatic nitrogens is 4. The summed E-state index contributed by atoms with van der Waals surface area (Å²) in [5.41, 5.74) is 0.416. The van der Waals surface area contributed by atoms with Gasteiger partial charge in [0.2, 0.25) is 0 Å². The van der Waals surface area contributed by atoms with Crippen molar-refractivity contribution in [2.24, 2.45) is 0 Å². The second-order valence-electron chi connectivity index (χ2n) is 6.21. The molecule has 2 aromatic heterocycles. The van der Waals surface area contributed by atoms with Crippen molar-refractivity contribution in [1.82, 2.24) is 19.7 Å². The van der Waals surface area contributed by atoms with Crippen LogP contribution in [0.3, 0.4) is 0 Å². The molecule has 0 fully saturated rings. The summed E-state index contributed by atoms with van der Waals surface area (Å²) in [6, 6.07) is 9.15. The zero-order valence-corrected chi connectivity index (χ0v) is 14.7. The van der Waals surface area contributed by atoms with E-state index in [4.69, 9.17) is 10.00 Å². The van der Waals surface area contributed by atoms with Crippen LogP contribution in [0.15, 0.2) is 36.7 Å². The maximum atomic E-state index is 14.0. The van der Waals surface area contributed by atoms with Gasteiger partial charge in [-0.2, -0.15) is 5.26 Å². The number of benzene rings is 1. The highest BCUT2D eigenvalue weighted by Gasteiger charge is 2.19. The van der Waals surface area contributed by atoms with E-state index in [9.17, 15) is 9.18 Å². The molecule has 1 aliphatic heterocycles. The Labute approximate surface area is 159 Å². The third kappa shape index (κ3) is 3.40. The van der Waals surface area contributed by atoms with E-state index in [2.05, 4.69) is 20.5 Å². The zero-order chi connectivity index (χ0) is 19.5. The fourth-order valence-electron chi connectivity index (χ4n) is 2.93. The second-order valence-corrected chi connectivity index (χ2v) is 6.21. The Morgan fingerprint density at radius 1 is 1.29 bits per heavy atom. The van der Waals surface area contributed by atoms with Crippen LogP contribution in [0.1, 0.15) is 28.8 Å². The van der Waals surface area contributed by atoms with Gasteiger partial charge in [0.25, 0.3) is 5.91 Å². The normalized spacial score (nSPS) is 13.9. The molecule has 4 rings (SSSR count). The van der Waals surface area contributed by atoms with Crippen molar-refractivity contribution in [1.29, 1.82) is 5.26 Å².